The molecule has 1 aliphatic rings. The van der Waals surface area contributed by atoms with Gasteiger partial charge in [0.2, 0.25) is 0 Å². The predicted octanol–water partition coefficient (Wildman–Crippen LogP) is 3.97. The highest BCUT2D eigenvalue weighted by Crippen LogP contribution is 2.29. The van der Waals surface area contributed by atoms with Crippen LogP contribution in [0, 0.1) is 5.92 Å². The number of hydrogen-bond donors (Lipinski definition) is 0. The average molecular weight is 212 g/mol. The van der Waals surface area contributed by atoms with Gasteiger partial charge in [0, 0.05) is 0 Å². The first kappa shape index (κ1) is 12.0. The van der Waals surface area contributed by atoms with E-state index < -0.39 is 8.32 Å². The van der Waals surface area contributed by atoms with E-state index in [0.717, 1.165) is 5.92 Å². The molecule has 1 atom stereocenters. The smallest absolute Gasteiger partial charge is 0.184 e. The quantitative estimate of drug-likeness (QED) is 0.506. The summed E-state index contributed by atoms with van der Waals surface area (Å²) in [6.45, 7) is 10.7. The number of rotatable bonds is 4. The molecule has 1 fully saturated rings. The highest BCUT2D eigenvalue weighted by Gasteiger charge is 2.26. The first-order valence-electron chi connectivity index (χ1n) is 5.83. The summed E-state index contributed by atoms with van der Waals surface area (Å²) >= 11 is 0. The zero-order chi connectivity index (χ0) is 10.6. The molecule has 0 heterocycles. The van der Waals surface area contributed by atoms with E-state index in [4.69, 9.17) is 4.43 Å². The van der Waals surface area contributed by atoms with Gasteiger partial charge in [-0.1, -0.05) is 25.3 Å². The SMILES string of the molecule is C=CC(O[Si](C)(C)C)C1CCCCC1. The summed E-state index contributed by atoms with van der Waals surface area (Å²) < 4.78 is 6.15. The lowest BCUT2D eigenvalue weighted by Gasteiger charge is -2.32. The second kappa shape index (κ2) is 5.13. The van der Waals surface area contributed by atoms with Gasteiger partial charge < -0.3 is 4.43 Å². The Labute approximate surface area is 89.7 Å². The lowest BCUT2D eigenvalue weighted by molar-refractivity contribution is 0.141. The molecular weight excluding hydrogens is 188 g/mol. The maximum atomic E-state index is 6.15. The zero-order valence-corrected chi connectivity index (χ0v) is 10.9. The van der Waals surface area contributed by atoms with Crippen LogP contribution in [0.25, 0.3) is 0 Å². The summed E-state index contributed by atoms with van der Waals surface area (Å²) in [5.74, 6) is 0.743. The largest absolute Gasteiger partial charge is 0.411 e. The zero-order valence-electron chi connectivity index (χ0n) is 9.88. The topological polar surface area (TPSA) is 9.23 Å². The maximum absolute atomic E-state index is 6.15. The molecule has 1 rings (SSSR count). The molecule has 1 aliphatic carbocycles. The fourth-order valence-electron chi connectivity index (χ4n) is 2.21. The Kier molecular flexibility index (Phi) is 4.39. The Bertz CT molecular complexity index is 177. The van der Waals surface area contributed by atoms with Crippen LogP contribution in [0.4, 0.5) is 0 Å². The molecule has 0 aromatic rings. The summed E-state index contributed by atoms with van der Waals surface area (Å²) in [7, 11) is -1.40. The summed E-state index contributed by atoms with van der Waals surface area (Å²) in [5, 5.41) is 0. The van der Waals surface area contributed by atoms with E-state index in [-0.39, 0.29) is 0 Å². The van der Waals surface area contributed by atoms with Gasteiger partial charge in [0.05, 0.1) is 6.10 Å². The molecule has 0 N–H and O–H groups in total. The van der Waals surface area contributed by atoms with Gasteiger partial charge in [0.25, 0.3) is 0 Å². The maximum Gasteiger partial charge on any atom is 0.184 e. The first-order valence-corrected chi connectivity index (χ1v) is 9.24. The third kappa shape index (κ3) is 3.97. The molecule has 0 aromatic carbocycles. The predicted molar refractivity (Wildman–Crippen MR) is 65.0 cm³/mol. The van der Waals surface area contributed by atoms with E-state index in [1.165, 1.54) is 32.1 Å². The van der Waals surface area contributed by atoms with Crippen LogP contribution in [-0.4, -0.2) is 14.4 Å². The molecule has 2 heteroatoms. The standard InChI is InChI=1S/C12H24OSi/c1-5-12(13-14(2,3)4)11-9-7-6-8-10-11/h5,11-12H,1,6-10H2,2-4H3. The van der Waals surface area contributed by atoms with Crippen molar-refractivity contribution in [1.29, 1.82) is 0 Å². The molecule has 0 spiro atoms. The van der Waals surface area contributed by atoms with E-state index in [1.54, 1.807) is 0 Å². The van der Waals surface area contributed by atoms with Crippen LogP contribution < -0.4 is 0 Å². The van der Waals surface area contributed by atoms with E-state index in [2.05, 4.69) is 26.2 Å². The van der Waals surface area contributed by atoms with Crippen molar-refractivity contribution in [3.05, 3.63) is 12.7 Å². The van der Waals surface area contributed by atoms with Crippen molar-refractivity contribution in [3.8, 4) is 0 Å². The van der Waals surface area contributed by atoms with Gasteiger partial charge in [0.1, 0.15) is 0 Å². The lowest BCUT2D eigenvalue weighted by atomic mass is 9.85. The lowest BCUT2D eigenvalue weighted by Crippen LogP contribution is -2.35. The minimum Gasteiger partial charge on any atom is -0.411 e. The highest BCUT2D eigenvalue weighted by molar-refractivity contribution is 6.69. The van der Waals surface area contributed by atoms with E-state index in [9.17, 15) is 0 Å². The fraction of sp³-hybridized carbons (Fsp3) is 0.833. The Morgan fingerprint density at radius 3 is 2.21 bits per heavy atom. The van der Waals surface area contributed by atoms with Crippen LogP contribution >= 0.6 is 0 Å². The van der Waals surface area contributed by atoms with E-state index in [0.29, 0.717) is 6.10 Å². The van der Waals surface area contributed by atoms with E-state index >= 15 is 0 Å². The molecule has 0 bridgehead atoms. The van der Waals surface area contributed by atoms with Gasteiger partial charge in [-0.25, -0.2) is 0 Å². The second-order valence-corrected chi connectivity index (χ2v) is 9.79. The number of hydrogen-bond acceptors (Lipinski definition) is 1. The Morgan fingerprint density at radius 2 is 1.79 bits per heavy atom. The third-order valence-corrected chi connectivity index (χ3v) is 3.82. The molecule has 0 aliphatic heterocycles. The molecule has 0 radical (unpaired) electrons. The Hall–Kier alpha value is -0.0831. The summed E-state index contributed by atoms with van der Waals surface area (Å²) in [5.41, 5.74) is 0. The van der Waals surface area contributed by atoms with Gasteiger partial charge in [-0.05, 0) is 38.4 Å². The van der Waals surface area contributed by atoms with Crippen LogP contribution in [0.1, 0.15) is 32.1 Å². The fourth-order valence-corrected chi connectivity index (χ4v) is 3.31. The first-order chi connectivity index (χ1) is 6.53. The van der Waals surface area contributed by atoms with Crippen molar-refractivity contribution >= 4 is 8.32 Å². The molecule has 82 valence electrons. The van der Waals surface area contributed by atoms with Gasteiger partial charge in [-0.3, -0.25) is 0 Å². The molecule has 0 aromatic heterocycles. The Balaban J connectivity index is 2.47. The van der Waals surface area contributed by atoms with Crippen molar-refractivity contribution in [1.82, 2.24) is 0 Å². The Morgan fingerprint density at radius 1 is 1.21 bits per heavy atom. The molecule has 1 nitrogen and oxygen atoms in total. The summed E-state index contributed by atoms with van der Waals surface area (Å²) in [4.78, 5) is 0. The van der Waals surface area contributed by atoms with Crippen LogP contribution in [-0.2, 0) is 4.43 Å². The minimum atomic E-state index is -1.40. The van der Waals surface area contributed by atoms with Crippen LogP contribution in [0.15, 0.2) is 12.7 Å². The molecule has 1 unspecified atom stereocenters. The molecule has 0 saturated heterocycles. The normalized spacial score (nSPS) is 21.9. The van der Waals surface area contributed by atoms with Crippen molar-refractivity contribution in [2.24, 2.45) is 5.92 Å². The van der Waals surface area contributed by atoms with Crippen molar-refractivity contribution in [2.75, 3.05) is 0 Å². The van der Waals surface area contributed by atoms with Gasteiger partial charge in [0.15, 0.2) is 8.32 Å². The minimum absolute atomic E-state index is 0.321. The van der Waals surface area contributed by atoms with Crippen LogP contribution in [0.2, 0.25) is 19.6 Å². The average Bonchev–Trinajstić information content (AvgIpc) is 2.14. The van der Waals surface area contributed by atoms with Gasteiger partial charge >= 0.3 is 0 Å². The molecule has 14 heavy (non-hydrogen) atoms. The van der Waals surface area contributed by atoms with Crippen molar-refractivity contribution in [2.45, 2.75) is 57.8 Å². The third-order valence-electron chi connectivity index (χ3n) is 2.84. The van der Waals surface area contributed by atoms with Gasteiger partial charge in [-0.2, -0.15) is 0 Å². The molecular formula is C12H24OSi. The monoisotopic (exact) mass is 212 g/mol. The van der Waals surface area contributed by atoms with Gasteiger partial charge in [-0.15, -0.1) is 6.58 Å². The highest BCUT2D eigenvalue weighted by atomic mass is 28.4. The van der Waals surface area contributed by atoms with Crippen LogP contribution in [0.3, 0.4) is 0 Å². The molecule has 1 saturated carbocycles. The molecule has 0 amide bonds. The summed E-state index contributed by atoms with van der Waals surface area (Å²) in [6, 6.07) is 0. The van der Waals surface area contributed by atoms with Crippen molar-refractivity contribution < 1.29 is 4.43 Å². The van der Waals surface area contributed by atoms with E-state index in [1.807, 2.05) is 6.08 Å². The summed E-state index contributed by atoms with van der Waals surface area (Å²) in [6.07, 6.45) is 9.18. The van der Waals surface area contributed by atoms with Crippen LogP contribution in [0.5, 0.6) is 0 Å². The van der Waals surface area contributed by atoms with Crippen molar-refractivity contribution in [3.63, 3.8) is 0 Å². The second-order valence-electron chi connectivity index (χ2n) is 5.33.